The Bertz CT molecular complexity index is 1330. The number of allylic oxidation sites excluding steroid dienone is 1. The molecule has 3 aromatic carbocycles. The number of hydrogen-bond acceptors (Lipinski definition) is 2. The summed E-state index contributed by atoms with van der Waals surface area (Å²) in [5.41, 5.74) is 8.62. The molecule has 0 heterocycles. The van der Waals surface area contributed by atoms with Gasteiger partial charge in [-0.1, -0.05) is 42.6 Å². The Kier molecular flexibility index (Phi) is 2.82. The van der Waals surface area contributed by atoms with Crippen molar-refractivity contribution in [2.45, 2.75) is 32.5 Å². The van der Waals surface area contributed by atoms with Crippen molar-refractivity contribution in [3.05, 3.63) is 69.8 Å². The van der Waals surface area contributed by atoms with E-state index in [1.807, 2.05) is 44.9 Å². The van der Waals surface area contributed by atoms with Crippen LogP contribution in [0.2, 0.25) is 6.82 Å². The SMILES string of the molecule is C[B]c1cc2c3c4c(cccc14)C(=O)c1cc(C)c4c(c1-3)C(C)(C2)C(=O)C=C4. The second-order valence-electron chi connectivity index (χ2n) is 8.46. The molecular weight excluding hydrogens is 343 g/mol. The van der Waals surface area contributed by atoms with Crippen LogP contribution >= 0.6 is 0 Å². The van der Waals surface area contributed by atoms with Crippen LogP contribution in [0.4, 0.5) is 0 Å². The minimum Gasteiger partial charge on any atom is -0.294 e. The number of carbonyl (C=O) groups excluding carboxylic acids is 2. The molecule has 1 radical (unpaired) electrons. The summed E-state index contributed by atoms with van der Waals surface area (Å²) in [4.78, 5) is 26.6. The first-order chi connectivity index (χ1) is 13.5. The van der Waals surface area contributed by atoms with Gasteiger partial charge in [0.1, 0.15) is 7.28 Å². The summed E-state index contributed by atoms with van der Waals surface area (Å²) in [6, 6.07) is 10.3. The number of carbonyl (C=O) groups is 2. The Morgan fingerprint density at radius 3 is 2.64 bits per heavy atom. The van der Waals surface area contributed by atoms with E-state index in [-0.39, 0.29) is 11.6 Å². The van der Waals surface area contributed by atoms with Gasteiger partial charge < -0.3 is 0 Å². The van der Waals surface area contributed by atoms with Crippen LogP contribution in [0.1, 0.15) is 45.1 Å². The van der Waals surface area contributed by atoms with Crippen LogP contribution in [0.3, 0.4) is 0 Å². The molecule has 3 aromatic rings. The van der Waals surface area contributed by atoms with Crippen LogP contribution in [-0.2, 0) is 16.6 Å². The van der Waals surface area contributed by atoms with E-state index in [0.717, 1.165) is 49.6 Å². The van der Waals surface area contributed by atoms with Gasteiger partial charge in [0.15, 0.2) is 11.6 Å². The fourth-order valence-electron chi connectivity index (χ4n) is 5.64. The zero-order chi connectivity index (χ0) is 19.4. The van der Waals surface area contributed by atoms with Gasteiger partial charge in [-0.2, -0.15) is 0 Å². The smallest absolute Gasteiger partial charge is 0.194 e. The molecule has 0 saturated carbocycles. The second-order valence-corrected chi connectivity index (χ2v) is 8.46. The lowest BCUT2D eigenvalue weighted by molar-refractivity contribution is -0.119. The summed E-state index contributed by atoms with van der Waals surface area (Å²) >= 11 is 0. The van der Waals surface area contributed by atoms with Crippen molar-refractivity contribution in [1.82, 2.24) is 0 Å². The van der Waals surface area contributed by atoms with Gasteiger partial charge >= 0.3 is 0 Å². The van der Waals surface area contributed by atoms with E-state index in [4.69, 9.17) is 0 Å². The standard InChI is InChI=1S/C25H18BO2/c1-12-9-17-22-20-13(11-25(2)19(27)8-7-14(12)23(22)25)10-18(26-3)15-5-4-6-16(21(15)20)24(17)28/h4-10H,11H2,1-3H3. The molecule has 0 saturated heterocycles. The molecule has 1 atom stereocenters. The highest BCUT2D eigenvalue weighted by Crippen LogP contribution is 2.54. The van der Waals surface area contributed by atoms with Gasteiger partial charge in [0.2, 0.25) is 0 Å². The Labute approximate surface area is 164 Å². The lowest BCUT2D eigenvalue weighted by atomic mass is 9.58. The van der Waals surface area contributed by atoms with Crippen LogP contribution in [0.25, 0.3) is 28.0 Å². The van der Waals surface area contributed by atoms with Crippen molar-refractivity contribution in [2.24, 2.45) is 0 Å². The monoisotopic (exact) mass is 361 g/mol. The van der Waals surface area contributed by atoms with Crippen LogP contribution in [0.15, 0.2) is 36.4 Å². The molecule has 6 rings (SSSR count). The average molecular weight is 361 g/mol. The number of benzene rings is 3. The first-order valence-electron chi connectivity index (χ1n) is 9.79. The van der Waals surface area contributed by atoms with E-state index in [9.17, 15) is 9.59 Å². The fraction of sp³-hybridized carbons (Fsp3) is 0.200. The number of rotatable bonds is 1. The first-order valence-corrected chi connectivity index (χ1v) is 9.79. The molecular formula is C25H18BO2. The molecule has 0 bridgehead atoms. The van der Waals surface area contributed by atoms with Crippen LogP contribution in [0, 0.1) is 6.92 Å². The van der Waals surface area contributed by atoms with Gasteiger partial charge in [-0.15, -0.1) is 0 Å². The quantitative estimate of drug-likeness (QED) is 0.478. The Hall–Kier alpha value is -2.94. The van der Waals surface area contributed by atoms with Gasteiger partial charge in [0, 0.05) is 16.5 Å². The van der Waals surface area contributed by atoms with Gasteiger partial charge in [0.25, 0.3) is 0 Å². The van der Waals surface area contributed by atoms with Crippen molar-refractivity contribution in [3.63, 3.8) is 0 Å². The molecule has 133 valence electrons. The Morgan fingerprint density at radius 1 is 1.04 bits per heavy atom. The maximum Gasteiger partial charge on any atom is 0.194 e. The molecule has 1 unspecified atom stereocenters. The lowest BCUT2D eigenvalue weighted by Gasteiger charge is -2.42. The van der Waals surface area contributed by atoms with Crippen molar-refractivity contribution in [3.8, 4) is 11.1 Å². The fourth-order valence-corrected chi connectivity index (χ4v) is 5.64. The highest BCUT2D eigenvalue weighted by molar-refractivity contribution is 6.56. The third-order valence-corrected chi connectivity index (χ3v) is 6.94. The summed E-state index contributed by atoms with van der Waals surface area (Å²) in [5.74, 6) is 0.205. The van der Waals surface area contributed by atoms with E-state index in [1.165, 1.54) is 11.1 Å². The number of hydrogen-bond donors (Lipinski definition) is 0. The second kappa shape index (κ2) is 4.91. The summed E-state index contributed by atoms with van der Waals surface area (Å²) in [5, 5.41) is 2.18. The maximum absolute atomic E-state index is 13.5. The zero-order valence-corrected chi connectivity index (χ0v) is 16.1. The molecule has 3 aliphatic carbocycles. The van der Waals surface area contributed by atoms with Gasteiger partial charge in [-0.3, -0.25) is 9.59 Å². The highest BCUT2D eigenvalue weighted by atomic mass is 16.1. The molecule has 2 nitrogen and oxygen atoms in total. The van der Waals surface area contributed by atoms with Crippen molar-refractivity contribution >= 4 is 41.2 Å². The summed E-state index contributed by atoms with van der Waals surface area (Å²) in [6.45, 7) is 6.12. The molecule has 0 aromatic heterocycles. The molecule has 3 aliphatic rings. The minimum atomic E-state index is -0.613. The average Bonchev–Trinajstić information content (AvgIpc) is 2.69. The maximum atomic E-state index is 13.5. The van der Waals surface area contributed by atoms with Gasteiger partial charge in [-0.05, 0) is 71.2 Å². The normalized spacial score (nSPS) is 20.7. The van der Waals surface area contributed by atoms with E-state index in [2.05, 4.69) is 19.4 Å². The van der Waals surface area contributed by atoms with Gasteiger partial charge in [-0.25, -0.2) is 0 Å². The lowest BCUT2D eigenvalue weighted by Crippen LogP contribution is -2.41. The molecule has 28 heavy (non-hydrogen) atoms. The topological polar surface area (TPSA) is 34.1 Å². The Morgan fingerprint density at radius 2 is 1.86 bits per heavy atom. The number of ketones is 2. The van der Waals surface area contributed by atoms with Crippen LogP contribution in [-0.4, -0.2) is 18.8 Å². The zero-order valence-electron chi connectivity index (χ0n) is 16.1. The molecule has 0 amide bonds. The van der Waals surface area contributed by atoms with Crippen LogP contribution in [0.5, 0.6) is 0 Å². The minimum absolute atomic E-state index is 0.0736. The summed E-state index contributed by atoms with van der Waals surface area (Å²) in [6.07, 6.45) is 4.33. The van der Waals surface area contributed by atoms with Crippen molar-refractivity contribution in [1.29, 1.82) is 0 Å². The third-order valence-electron chi connectivity index (χ3n) is 6.94. The summed E-state index contributed by atoms with van der Waals surface area (Å²) < 4.78 is 0. The largest absolute Gasteiger partial charge is 0.294 e. The van der Waals surface area contributed by atoms with Crippen LogP contribution < -0.4 is 5.46 Å². The predicted molar refractivity (Wildman–Crippen MR) is 114 cm³/mol. The first kappa shape index (κ1) is 16.1. The summed E-state index contributed by atoms with van der Waals surface area (Å²) in [7, 11) is 2.10. The van der Waals surface area contributed by atoms with Gasteiger partial charge in [0.05, 0.1) is 5.41 Å². The van der Waals surface area contributed by atoms with E-state index >= 15 is 0 Å². The van der Waals surface area contributed by atoms with Crippen molar-refractivity contribution < 1.29 is 9.59 Å². The molecule has 0 aliphatic heterocycles. The van der Waals surface area contributed by atoms with E-state index in [0.29, 0.717) is 6.42 Å². The highest BCUT2D eigenvalue weighted by Gasteiger charge is 2.47. The number of aryl methyl sites for hydroxylation is 1. The molecule has 0 spiro atoms. The van der Waals surface area contributed by atoms with Crippen molar-refractivity contribution in [2.75, 3.05) is 0 Å². The van der Waals surface area contributed by atoms with E-state index < -0.39 is 5.41 Å². The molecule has 3 heteroatoms. The van der Waals surface area contributed by atoms with E-state index in [1.54, 1.807) is 6.08 Å². The third kappa shape index (κ3) is 1.63. The molecule has 0 fully saturated rings. The Balaban J connectivity index is 1.92. The predicted octanol–water partition coefficient (Wildman–Crippen LogP) is 4.15. The molecule has 0 N–H and O–H groups in total.